The molecule has 1 saturated carbocycles. The number of aromatic nitrogens is 1. The normalized spacial score (nSPS) is 14.8. The van der Waals surface area contributed by atoms with Crippen molar-refractivity contribution in [3.8, 4) is 5.75 Å². The number of carbonyl (C=O) groups excluding carboxylic acids is 1. The summed E-state index contributed by atoms with van der Waals surface area (Å²) in [5.74, 6) is 0.148. The van der Waals surface area contributed by atoms with E-state index < -0.39 is 0 Å². The number of hydrogen-bond acceptors (Lipinski definition) is 4. The van der Waals surface area contributed by atoms with E-state index in [9.17, 15) is 9.90 Å². The second kappa shape index (κ2) is 7.89. The first kappa shape index (κ1) is 18.3. The lowest BCUT2D eigenvalue weighted by Gasteiger charge is -2.23. The minimum atomic E-state index is -0.0595. The minimum absolute atomic E-state index is 0.0595. The number of anilines is 2. The molecule has 28 heavy (non-hydrogen) atoms. The van der Waals surface area contributed by atoms with E-state index in [0.717, 1.165) is 35.2 Å². The van der Waals surface area contributed by atoms with Gasteiger partial charge in [-0.25, -0.2) is 0 Å². The molecule has 0 radical (unpaired) electrons. The number of nitrogens with zero attached hydrogens (tertiary/aromatic N) is 1. The molecule has 0 atom stereocenters. The van der Waals surface area contributed by atoms with E-state index in [1.54, 1.807) is 18.3 Å². The molecule has 1 aliphatic rings. The van der Waals surface area contributed by atoms with Gasteiger partial charge in [0.1, 0.15) is 5.75 Å². The van der Waals surface area contributed by atoms with Gasteiger partial charge in [0.25, 0.3) is 5.91 Å². The quantitative estimate of drug-likeness (QED) is 0.596. The summed E-state index contributed by atoms with van der Waals surface area (Å²) in [6, 6.07) is 13.0. The second-order valence-corrected chi connectivity index (χ2v) is 7.49. The first-order valence-corrected chi connectivity index (χ1v) is 9.87. The van der Waals surface area contributed by atoms with Gasteiger partial charge in [-0.1, -0.05) is 37.5 Å². The van der Waals surface area contributed by atoms with Crippen molar-refractivity contribution < 1.29 is 9.90 Å². The summed E-state index contributed by atoms with van der Waals surface area (Å²) < 4.78 is 0. The van der Waals surface area contributed by atoms with Crippen LogP contribution < -0.4 is 10.6 Å². The molecule has 1 fully saturated rings. The maximum atomic E-state index is 12.9. The number of para-hydroxylation sites is 1. The molecule has 3 aromatic rings. The largest absolute Gasteiger partial charge is 0.508 e. The Balaban J connectivity index is 1.66. The third-order valence-corrected chi connectivity index (χ3v) is 5.45. The lowest BCUT2D eigenvalue weighted by molar-refractivity contribution is 0.0929. The monoisotopic (exact) mass is 375 g/mol. The van der Waals surface area contributed by atoms with Crippen molar-refractivity contribution in [2.75, 3.05) is 5.32 Å². The molecule has 5 heteroatoms. The maximum absolute atomic E-state index is 12.9. The van der Waals surface area contributed by atoms with Gasteiger partial charge in [0.2, 0.25) is 0 Å². The first-order valence-electron chi connectivity index (χ1n) is 9.87. The van der Waals surface area contributed by atoms with Crippen molar-refractivity contribution in [1.29, 1.82) is 0 Å². The SMILES string of the molecule is Cc1ccc(O)cc1Nc1ccnc2c(C(=O)NC3CCCCC3)cccc12. The Hall–Kier alpha value is -3.08. The van der Waals surface area contributed by atoms with Crippen LogP contribution in [0.5, 0.6) is 5.75 Å². The van der Waals surface area contributed by atoms with E-state index in [0.29, 0.717) is 11.1 Å². The van der Waals surface area contributed by atoms with E-state index in [1.165, 1.54) is 19.3 Å². The lowest BCUT2D eigenvalue weighted by Crippen LogP contribution is -2.36. The Morgan fingerprint density at radius 3 is 2.71 bits per heavy atom. The smallest absolute Gasteiger partial charge is 0.253 e. The summed E-state index contributed by atoms with van der Waals surface area (Å²) in [7, 11) is 0. The van der Waals surface area contributed by atoms with Crippen molar-refractivity contribution in [2.24, 2.45) is 0 Å². The van der Waals surface area contributed by atoms with Crippen LogP contribution in [-0.2, 0) is 0 Å². The molecule has 4 rings (SSSR count). The summed E-state index contributed by atoms with van der Waals surface area (Å²) in [5, 5.41) is 17.2. The number of hydrogen-bond donors (Lipinski definition) is 3. The number of aromatic hydroxyl groups is 1. The van der Waals surface area contributed by atoms with Gasteiger partial charge in [-0.15, -0.1) is 0 Å². The van der Waals surface area contributed by atoms with Crippen LogP contribution in [0.3, 0.4) is 0 Å². The highest BCUT2D eigenvalue weighted by atomic mass is 16.3. The Morgan fingerprint density at radius 2 is 1.89 bits per heavy atom. The zero-order valence-electron chi connectivity index (χ0n) is 16.0. The molecule has 0 aliphatic heterocycles. The fraction of sp³-hybridized carbons (Fsp3) is 0.304. The van der Waals surface area contributed by atoms with Crippen LogP contribution in [0.4, 0.5) is 11.4 Å². The summed E-state index contributed by atoms with van der Waals surface area (Å²) in [6.07, 6.45) is 7.42. The Morgan fingerprint density at radius 1 is 1.07 bits per heavy atom. The highest BCUT2D eigenvalue weighted by Crippen LogP contribution is 2.30. The molecule has 5 nitrogen and oxygen atoms in total. The molecule has 1 amide bonds. The Kier molecular flexibility index (Phi) is 5.15. The number of aryl methyl sites for hydroxylation is 1. The van der Waals surface area contributed by atoms with Crippen LogP contribution >= 0.6 is 0 Å². The van der Waals surface area contributed by atoms with E-state index in [2.05, 4.69) is 15.6 Å². The number of rotatable bonds is 4. The van der Waals surface area contributed by atoms with Crippen LogP contribution in [0.1, 0.15) is 48.0 Å². The molecule has 0 spiro atoms. The Labute approximate surface area is 164 Å². The summed E-state index contributed by atoms with van der Waals surface area (Å²) >= 11 is 0. The molecule has 3 N–H and O–H groups in total. The van der Waals surface area contributed by atoms with Gasteiger partial charge >= 0.3 is 0 Å². The molecule has 0 saturated heterocycles. The van der Waals surface area contributed by atoms with Gasteiger partial charge in [-0.2, -0.15) is 0 Å². The second-order valence-electron chi connectivity index (χ2n) is 7.49. The molecule has 144 valence electrons. The number of amides is 1. The molecule has 1 heterocycles. The first-order chi connectivity index (χ1) is 13.6. The highest BCUT2D eigenvalue weighted by Gasteiger charge is 2.19. The zero-order valence-corrected chi connectivity index (χ0v) is 16.0. The summed E-state index contributed by atoms with van der Waals surface area (Å²) in [4.78, 5) is 17.4. The van der Waals surface area contributed by atoms with E-state index in [1.807, 2.05) is 37.3 Å². The Bertz CT molecular complexity index is 1010. The van der Waals surface area contributed by atoms with Gasteiger partial charge in [0, 0.05) is 35.1 Å². The number of carbonyl (C=O) groups is 1. The van der Waals surface area contributed by atoms with Gasteiger partial charge in [-0.05, 0) is 43.5 Å². The maximum Gasteiger partial charge on any atom is 0.253 e. The molecule has 0 unspecified atom stereocenters. The third-order valence-electron chi connectivity index (χ3n) is 5.45. The predicted octanol–water partition coefficient (Wildman–Crippen LogP) is 5.05. The molecule has 2 aromatic carbocycles. The van der Waals surface area contributed by atoms with Crippen LogP contribution in [0.15, 0.2) is 48.7 Å². The van der Waals surface area contributed by atoms with Crippen molar-refractivity contribution in [3.05, 3.63) is 59.8 Å². The fourth-order valence-electron chi connectivity index (χ4n) is 3.87. The van der Waals surface area contributed by atoms with Crippen LogP contribution in [-0.4, -0.2) is 22.0 Å². The van der Waals surface area contributed by atoms with Gasteiger partial charge in [0.05, 0.1) is 11.1 Å². The van der Waals surface area contributed by atoms with Gasteiger partial charge in [-0.3, -0.25) is 9.78 Å². The predicted molar refractivity (Wildman–Crippen MR) is 112 cm³/mol. The fourth-order valence-corrected chi connectivity index (χ4v) is 3.87. The van der Waals surface area contributed by atoms with Crippen molar-refractivity contribution >= 4 is 28.2 Å². The molecule has 1 aliphatic carbocycles. The number of pyridine rings is 1. The number of phenolic OH excluding ortho intramolecular Hbond substituents is 1. The molecule has 0 bridgehead atoms. The average molecular weight is 375 g/mol. The van der Waals surface area contributed by atoms with Crippen LogP contribution in [0.25, 0.3) is 10.9 Å². The minimum Gasteiger partial charge on any atom is -0.508 e. The topological polar surface area (TPSA) is 74.2 Å². The zero-order chi connectivity index (χ0) is 19.5. The number of benzene rings is 2. The van der Waals surface area contributed by atoms with E-state index in [4.69, 9.17) is 0 Å². The molecule has 1 aromatic heterocycles. The van der Waals surface area contributed by atoms with Gasteiger partial charge in [0.15, 0.2) is 0 Å². The average Bonchev–Trinajstić information content (AvgIpc) is 2.71. The van der Waals surface area contributed by atoms with Crippen LogP contribution in [0.2, 0.25) is 0 Å². The van der Waals surface area contributed by atoms with E-state index in [-0.39, 0.29) is 17.7 Å². The lowest BCUT2D eigenvalue weighted by atomic mass is 9.95. The third kappa shape index (κ3) is 3.79. The van der Waals surface area contributed by atoms with E-state index >= 15 is 0 Å². The van der Waals surface area contributed by atoms with Crippen molar-refractivity contribution in [2.45, 2.75) is 45.1 Å². The standard InChI is InChI=1S/C23H25N3O2/c1-15-10-11-17(27)14-21(15)26-20-12-13-24-22-18(20)8-5-9-19(22)23(28)25-16-6-3-2-4-7-16/h5,8-14,16,27H,2-4,6-7H2,1H3,(H,24,26)(H,25,28). The molecular formula is C23H25N3O2. The highest BCUT2D eigenvalue weighted by molar-refractivity contribution is 6.08. The van der Waals surface area contributed by atoms with Crippen molar-refractivity contribution in [1.82, 2.24) is 10.3 Å². The summed E-state index contributed by atoms with van der Waals surface area (Å²) in [6.45, 7) is 1.98. The number of fused-ring (bicyclic) bond motifs is 1. The number of phenols is 1. The van der Waals surface area contributed by atoms with Gasteiger partial charge < -0.3 is 15.7 Å². The molecular weight excluding hydrogens is 350 g/mol. The van der Waals surface area contributed by atoms with Crippen LogP contribution in [0, 0.1) is 6.92 Å². The van der Waals surface area contributed by atoms with Crippen molar-refractivity contribution in [3.63, 3.8) is 0 Å². The summed E-state index contributed by atoms with van der Waals surface area (Å²) in [5.41, 5.74) is 3.97. The number of nitrogens with one attached hydrogen (secondary N) is 2.